The highest BCUT2D eigenvalue weighted by Gasteiger charge is 2.30. The number of hydrogen-bond donors (Lipinski definition) is 2. The van der Waals surface area contributed by atoms with Gasteiger partial charge in [0.1, 0.15) is 6.67 Å². The Morgan fingerprint density at radius 2 is 2.07 bits per heavy atom. The summed E-state index contributed by atoms with van der Waals surface area (Å²) < 4.78 is 12.2. The highest BCUT2D eigenvalue weighted by atomic mass is 18.2. The van der Waals surface area contributed by atoms with Crippen molar-refractivity contribution < 1.29 is 14.3 Å². The predicted octanol–water partition coefficient (Wildman–Crippen LogP) is 1.35. The first-order valence-electron chi connectivity index (χ1n) is 4.21. The van der Waals surface area contributed by atoms with E-state index in [4.69, 9.17) is 0 Å². The number of carbonyl (C=O) groups is 1. The van der Waals surface area contributed by atoms with Gasteiger partial charge in [0.05, 0.1) is 0 Å². The van der Waals surface area contributed by atoms with Crippen LogP contribution in [0.4, 0.5) is 10.1 Å². The SMILES string of the molecule is C[C@](O)(C[18F])C(=O)Nc1ccccc1. The number of nitrogens with one attached hydrogen (secondary N) is 1. The van der Waals surface area contributed by atoms with Crippen LogP contribution in [0, 0.1) is 0 Å². The van der Waals surface area contributed by atoms with Gasteiger partial charge in [0.2, 0.25) is 0 Å². The lowest BCUT2D eigenvalue weighted by Crippen LogP contribution is -2.41. The van der Waals surface area contributed by atoms with E-state index in [1.807, 2.05) is 0 Å². The number of carbonyl (C=O) groups excluding carboxylic acids is 1. The van der Waals surface area contributed by atoms with Crippen LogP contribution in [0.3, 0.4) is 0 Å². The maximum absolute atomic E-state index is 12.2. The van der Waals surface area contributed by atoms with Crippen LogP contribution in [0.25, 0.3) is 0 Å². The van der Waals surface area contributed by atoms with E-state index in [-0.39, 0.29) is 0 Å². The first-order valence-corrected chi connectivity index (χ1v) is 4.21. The number of rotatable bonds is 3. The number of alkyl halides is 1. The van der Waals surface area contributed by atoms with Crippen molar-refractivity contribution in [2.75, 3.05) is 12.0 Å². The Morgan fingerprint density at radius 1 is 1.50 bits per heavy atom. The fourth-order valence-corrected chi connectivity index (χ4v) is 0.848. The molecule has 0 bridgehead atoms. The number of para-hydroxylation sites is 1. The molecule has 0 aliphatic carbocycles. The summed E-state index contributed by atoms with van der Waals surface area (Å²) >= 11 is 0. The van der Waals surface area contributed by atoms with Gasteiger partial charge >= 0.3 is 0 Å². The van der Waals surface area contributed by atoms with Gasteiger partial charge in [0.25, 0.3) is 5.91 Å². The minimum absolute atomic E-state index is 0.534. The number of anilines is 1. The van der Waals surface area contributed by atoms with Crippen molar-refractivity contribution >= 4 is 11.6 Å². The molecule has 4 heteroatoms. The first-order chi connectivity index (χ1) is 6.56. The van der Waals surface area contributed by atoms with E-state index in [9.17, 15) is 14.3 Å². The molecule has 0 spiro atoms. The standard InChI is InChI=1S/C10H12FNO2/c1-10(14,7-11)9(13)12-8-5-3-2-4-6-8/h2-6,14H,7H2,1H3,(H,12,13)/t10-/m0/s1/i11-1. The third-order valence-electron chi connectivity index (χ3n) is 1.78. The molecule has 1 atom stereocenters. The molecule has 0 saturated heterocycles. The Balaban J connectivity index is 2.67. The third kappa shape index (κ3) is 2.53. The van der Waals surface area contributed by atoms with Gasteiger partial charge in [-0.05, 0) is 19.1 Å². The first kappa shape index (κ1) is 10.7. The zero-order valence-electron chi connectivity index (χ0n) is 7.83. The molecule has 1 rings (SSSR count). The predicted molar refractivity (Wildman–Crippen MR) is 51.7 cm³/mol. The molecule has 0 unspecified atom stereocenters. The van der Waals surface area contributed by atoms with Crippen LogP contribution in [0.2, 0.25) is 0 Å². The topological polar surface area (TPSA) is 49.3 Å². The molecule has 0 aliphatic heterocycles. The lowest BCUT2D eigenvalue weighted by Gasteiger charge is -2.18. The Labute approximate surface area is 81.6 Å². The molecule has 1 aromatic rings. The maximum Gasteiger partial charge on any atom is 0.258 e. The average Bonchev–Trinajstić information content (AvgIpc) is 2.19. The lowest BCUT2D eigenvalue weighted by atomic mass is 10.1. The van der Waals surface area contributed by atoms with E-state index in [1.165, 1.54) is 0 Å². The zero-order valence-corrected chi connectivity index (χ0v) is 7.83. The molecule has 0 saturated carbocycles. The molecule has 0 radical (unpaired) electrons. The number of hydrogen-bond acceptors (Lipinski definition) is 2. The Hall–Kier alpha value is -1.42. The van der Waals surface area contributed by atoms with Crippen LogP contribution in [-0.4, -0.2) is 23.3 Å². The normalized spacial score (nSPS) is 14.5. The van der Waals surface area contributed by atoms with Crippen LogP contribution in [0.1, 0.15) is 6.92 Å². The highest BCUT2D eigenvalue weighted by molar-refractivity contribution is 5.96. The minimum Gasteiger partial charge on any atom is -0.378 e. The smallest absolute Gasteiger partial charge is 0.258 e. The van der Waals surface area contributed by atoms with E-state index in [0.717, 1.165) is 6.92 Å². The van der Waals surface area contributed by atoms with Crippen molar-refractivity contribution in [3.63, 3.8) is 0 Å². The fourth-order valence-electron chi connectivity index (χ4n) is 0.848. The van der Waals surface area contributed by atoms with Crippen molar-refractivity contribution in [1.82, 2.24) is 0 Å². The van der Waals surface area contributed by atoms with Crippen molar-refractivity contribution in [1.29, 1.82) is 0 Å². The van der Waals surface area contributed by atoms with Crippen LogP contribution >= 0.6 is 0 Å². The van der Waals surface area contributed by atoms with Gasteiger partial charge in [-0.3, -0.25) is 4.79 Å². The average molecular weight is 196 g/mol. The molecule has 76 valence electrons. The van der Waals surface area contributed by atoms with E-state index in [0.29, 0.717) is 5.69 Å². The van der Waals surface area contributed by atoms with Crippen LogP contribution in [0.15, 0.2) is 30.3 Å². The Bertz CT molecular complexity index is 311. The van der Waals surface area contributed by atoms with Crippen molar-refractivity contribution in [3.8, 4) is 0 Å². The summed E-state index contributed by atoms with van der Waals surface area (Å²) in [5.74, 6) is -0.744. The molecular formula is C10H12FNO2. The second-order valence-electron chi connectivity index (χ2n) is 3.23. The minimum atomic E-state index is -1.96. The third-order valence-corrected chi connectivity index (χ3v) is 1.78. The molecule has 14 heavy (non-hydrogen) atoms. The van der Waals surface area contributed by atoms with Gasteiger partial charge in [-0.15, -0.1) is 0 Å². The highest BCUT2D eigenvalue weighted by Crippen LogP contribution is 2.10. The van der Waals surface area contributed by atoms with Gasteiger partial charge in [-0.2, -0.15) is 0 Å². The summed E-state index contributed by atoms with van der Waals surface area (Å²) in [6.45, 7) is 0.0247. The Morgan fingerprint density at radius 3 is 2.57 bits per heavy atom. The van der Waals surface area contributed by atoms with Gasteiger partial charge in [-0.1, -0.05) is 18.2 Å². The molecule has 0 heterocycles. The van der Waals surface area contributed by atoms with Crippen LogP contribution < -0.4 is 5.32 Å². The van der Waals surface area contributed by atoms with Gasteiger partial charge in [0.15, 0.2) is 5.60 Å². The second kappa shape index (κ2) is 4.19. The largest absolute Gasteiger partial charge is 0.378 e. The van der Waals surface area contributed by atoms with Crippen molar-refractivity contribution in [2.45, 2.75) is 12.5 Å². The molecule has 0 aliphatic rings. The Kier molecular flexibility index (Phi) is 3.19. The summed E-state index contributed by atoms with van der Waals surface area (Å²) in [6.07, 6.45) is 0. The van der Waals surface area contributed by atoms with E-state index in [2.05, 4.69) is 5.32 Å². The summed E-state index contributed by atoms with van der Waals surface area (Å²) in [6, 6.07) is 8.58. The molecule has 1 amide bonds. The number of benzene rings is 1. The van der Waals surface area contributed by atoms with E-state index in [1.54, 1.807) is 30.3 Å². The maximum atomic E-state index is 12.2. The molecule has 1 aromatic carbocycles. The lowest BCUT2D eigenvalue weighted by molar-refractivity contribution is -0.133. The van der Waals surface area contributed by atoms with E-state index < -0.39 is 18.2 Å². The quantitative estimate of drug-likeness (QED) is 0.766. The fraction of sp³-hybridized carbons (Fsp3) is 0.300. The number of amides is 1. The van der Waals surface area contributed by atoms with Gasteiger partial charge < -0.3 is 10.4 Å². The summed E-state index contributed by atoms with van der Waals surface area (Å²) in [7, 11) is 0. The van der Waals surface area contributed by atoms with Crippen molar-refractivity contribution in [2.24, 2.45) is 0 Å². The molecule has 0 fully saturated rings. The molecule has 2 N–H and O–H groups in total. The number of halogens is 1. The summed E-state index contributed by atoms with van der Waals surface area (Å²) in [5, 5.41) is 11.7. The molecular weight excluding hydrogens is 184 g/mol. The zero-order chi connectivity index (χ0) is 10.6. The van der Waals surface area contributed by atoms with Crippen molar-refractivity contribution in [3.05, 3.63) is 30.3 Å². The molecule has 0 aromatic heterocycles. The van der Waals surface area contributed by atoms with Gasteiger partial charge in [0, 0.05) is 5.69 Å². The van der Waals surface area contributed by atoms with E-state index >= 15 is 0 Å². The van der Waals surface area contributed by atoms with Gasteiger partial charge in [-0.25, -0.2) is 4.39 Å². The monoisotopic (exact) mass is 196 g/mol. The molecule has 3 nitrogen and oxygen atoms in total. The van der Waals surface area contributed by atoms with Crippen LogP contribution in [0.5, 0.6) is 0 Å². The summed E-state index contributed by atoms with van der Waals surface area (Å²) in [4.78, 5) is 11.3. The number of aliphatic hydroxyl groups is 1. The second-order valence-corrected chi connectivity index (χ2v) is 3.23. The van der Waals surface area contributed by atoms with Crippen LogP contribution in [-0.2, 0) is 4.79 Å². The summed E-state index contributed by atoms with van der Waals surface area (Å²) in [5.41, 5.74) is -1.43.